The Labute approximate surface area is 817 Å². The molecule has 26 aromatic rings. The maximum Gasteiger partial charge on any atom is 0.137 e. The molecule has 0 amide bonds. The van der Waals surface area contributed by atoms with Gasteiger partial charge < -0.3 is 8.98 Å². The van der Waals surface area contributed by atoms with E-state index in [-0.39, 0.29) is 0 Å². The van der Waals surface area contributed by atoms with Crippen molar-refractivity contribution >= 4 is 65.2 Å². The number of hydrogen-bond acceptors (Lipinski definition) is 7. The molecule has 0 atom stereocenters. The maximum atomic E-state index is 6.52. The number of hydrogen-bond donors (Lipinski definition) is 0. The number of rotatable bonds is 17. The van der Waals surface area contributed by atoms with Gasteiger partial charge in [-0.15, -0.1) is 0 Å². The van der Waals surface area contributed by atoms with Gasteiger partial charge in [0, 0.05) is 128 Å². The molecule has 0 unspecified atom stereocenters. The lowest BCUT2D eigenvalue weighted by atomic mass is 9.85. The molecule has 9 heterocycles. The molecule has 0 aliphatic rings. The number of nitrogens with zero attached hydrogens (tertiary/aromatic N) is 8. The lowest BCUT2D eigenvalue weighted by molar-refractivity contribution is 0.597. The van der Waals surface area contributed by atoms with Crippen molar-refractivity contribution < 1.29 is 4.42 Å². The summed E-state index contributed by atoms with van der Waals surface area (Å²) in [4.78, 5) is 26.8. The molecule has 26 rings (SSSR count). The topological polar surface area (TPSA) is 100 Å². The first kappa shape index (κ1) is 85.0. The average Bonchev–Trinajstić information content (AvgIpc) is 1.68. The quantitative estimate of drug-likeness (QED) is 0.0837. The van der Waals surface area contributed by atoms with E-state index in [0.29, 0.717) is 0 Å². The van der Waals surface area contributed by atoms with E-state index in [4.69, 9.17) is 4.42 Å². The summed E-state index contributed by atoms with van der Waals surface area (Å²) < 4.78 is 11.1. The van der Waals surface area contributed by atoms with E-state index in [1.165, 1.54) is 98.7 Å². The Kier molecular flexibility index (Phi) is 22.9. The third-order valence-corrected chi connectivity index (χ3v) is 26.7. The highest BCUT2D eigenvalue weighted by Gasteiger charge is 2.23. The van der Waals surface area contributed by atoms with Crippen LogP contribution in [0.1, 0.15) is 0 Å². The minimum absolute atomic E-state index is 0.833. The van der Waals surface area contributed by atoms with Crippen LogP contribution in [0, 0.1) is 0 Å². The molecular weight excluding hydrogens is 1710 g/mol. The molecule has 0 aliphatic heterocycles. The fourth-order valence-electron chi connectivity index (χ4n) is 20.0. The molecule has 0 saturated heterocycles. The van der Waals surface area contributed by atoms with Crippen LogP contribution in [0.4, 0.5) is 0 Å². The molecule has 0 saturated carbocycles. The summed E-state index contributed by atoms with van der Waals surface area (Å²) >= 11 is 0. The van der Waals surface area contributed by atoms with Gasteiger partial charge in [0.25, 0.3) is 0 Å². The Balaban J connectivity index is 0.000000118. The maximum absolute atomic E-state index is 6.52. The summed E-state index contributed by atoms with van der Waals surface area (Å²) in [5.41, 5.74) is 37.5. The predicted molar refractivity (Wildman–Crippen MR) is 584 cm³/mol. The molecule has 9 aromatic heterocycles. The zero-order chi connectivity index (χ0) is 93.7. The zero-order valence-corrected chi connectivity index (χ0v) is 76.8. The fraction of sp³-hybridized carbons (Fsp3) is 0. The monoisotopic (exact) mass is 1800 g/mol. The molecule has 9 heteroatoms. The van der Waals surface area contributed by atoms with E-state index >= 15 is 0 Å². The Morgan fingerprint density at radius 1 is 0.156 bits per heavy atom. The number of para-hydroxylation sites is 3. The first-order valence-corrected chi connectivity index (χ1v) is 47.5. The Morgan fingerprint density at radius 2 is 0.454 bits per heavy atom. The number of benzene rings is 17. The predicted octanol–water partition coefficient (Wildman–Crippen LogP) is 34.5. The minimum Gasteiger partial charge on any atom is -0.456 e. The summed E-state index contributed by atoms with van der Waals surface area (Å²) in [6, 6.07) is 168. The van der Waals surface area contributed by atoms with Gasteiger partial charge in [-0.2, -0.15) is 0 Å². The summed E-state index contributed by atoms with van der Waals surface area (Å²) in [7, 11) is 0. The van der Waals surface area contributed by atoms with E-state index in [1.54, 1.807) is 0 Å². The van der Waals surface area contributed by atoms with E-state index in [2.05, 4.69) is 458 Å². The average molecular weight is 1800 g/mol. The third kappa shape index (κ3) is 17.2. The van der Waals surface area contributed by atoms with Crippen LogP contribution in [0.3, 0.4) is 0 Å². The number of furan rings is 1. The van der Waals surface area contributed by atoms with E-state index < -0.39 is 0 Å². The van der Waals surface area contributed by atoms with Gasteiger partial charge in [-0.05, 0) is 315 Å². The molecule has 0 aliphatic carbocycles. The van der Waals surface area contributed by atoms with E-state index in [1.807, 2.05) is 117 Å². The lowest BCUT2D eigenvalue weighted by Crippen LogP contribution is -1.96. The van der Waals surface area contributed by atoms with Gasteiger partial charge in [-0.3, -0.25) is 29.5 Å². The summed E-state index contributed by atoms with van der Waals surface area (Å²) in [6.07, 6.45) is 18.6. The van der Waals surface area contributed by atoms with Crippen molar-refractivity contribution in [1.29, 1.82) is 0 Å². The number of fused-ring (bicyclic) bond motifs is 8. The Bertz CT molecular complexity index is 8500. The standard InChI is InChI=1S/C56H38N4.C41H27NO.C35H23N3/c1-9-39(47-17-5-21-57-35-47)25-43(13-1)51-29-52(44-14-2-10-40(26-44)48-18-6-22-58-36-48)32-55(31-51)56-33-53(45-15-3-11-41(27-45)49-19-7-23-59-37-49)30-54(34-56)46-16-4-12-42(28-46)50-20-8-24-60-38-50;1-3-12-28(13-4-1)40-33-18-7-8-19-34(33)41(29-14-5-2-6-15-29)36-27-32(21-22-35(36)40)39-24-23-38(43-39)31-17-11-16-30(26-31)37-20-9-10-25-42-37;1-2-10-26(11-3-1)37-31-14-6-4-12-27(31)29-22-24(17-19-33(29)37)25-18-20-34-30(23-25)28-13-5-7-15-32(28)38(34)35-16-8-9-21-36-35/h1-38H;1-27H;1-23H. The van der Waals surface area contributed by atoms with Crippen LogP contribution in [0.25, 0.3) is 244 Å². The second-order valence-electron chi connectivity index (χ2n) is 35.3. The minimum atomic E-state index is 0.833. The molecule has 9 nitrogen and oxygen atoms in total. The highest BCUT2D eigenvalue weighted by atomic mass is 16.3. The molecule has 0 spiro atoms. The van der Waals surface area contributed by atoms with Crippen molar-refractivity contribution in [3.05, 3.63) is 535 Å². The first-order valence-electron chi connectivity index (χ1n) is 47.5. The van der Waals surface area contributed by atoms with Crippen molar-refractivity contribution in [2.24, 2.45) is 0 Å². The summed E-state index contributed by atoms with van der Waals surface area (Å²) in [6.45, 7) is 0. The zero-order valence-electron chi connectivity index (χ0n) is 76.8. The van der Waals surface area contributed by atoms with Crippen molar-refractivity contribution in [3.63, 3.8) is 0 Å². The smallest absolute Gasteiger partial charge is 0.137 e. The van der Waals surface area contributed by atoms with Gasteiger partial charge in [0.2, 0.25) is 0 Å². The van der Waals surface area contributed by atoms with Gasteiger partial charge >= 0.3 is 0 Å². The Hall–Kier alpha value is -19.0. The van der Waals surface area contributed by atoms with Crippen molar-refractivity contribution in [2.45, 2.75) is 0 Å². The second-order valence-corrected chi connectivity index (χ2v) is 35.3. The van der Waals surface area contributed by atoms with Gasteiger partial charge in [0.05, 0.1) is 27.8 Å². The highest BCUT2D eigenvalue weighted by molar-refractivity contribution is 6.22. The summed E-state index contributed by atoms with van der Waals surface area (Å²) in [5.74, 6) is 2.61. The molecule has 0 radical (unpaired) electrons. The van der Waals surface area contributed by atoms with Crippen LogP contribution in [0.5, 0.6) is 0 Å². The van der Waals surface area contributed by atoms with Crippen LogP contribution in [-0.4, -0.2) is 39.0 Å². The van der Waals surface area contributed by atoms with Crippen molar-refractivity contribution in [1.82, 2.24) is 39.0 Å². The van der Waals surface area contributed by atoms with Crippen LogP contribution >= 0.6 is 0 Å². The first-order chi connectivity index (χ1) is 69.9. The highest BCUT2D eigenvalue weighted by Crippen LogP contribution is 2.48. The summed E-state index contributed by atoms with van der Waals surface area (Å²) in [5, 5.41) is 9.91. The molecule has 0 fully saturated rings. The van der Waals surface area contributed by atoms with Crippen molar-refractivity contribution in [2.75, 3.05) is 0 Å². The molecule has 17 aromatic carbocycles. The second kappa shape index (κ2) is 38.1. The van der Waals surface area contributed by atoms with Crippen LogP contribution in [0.2, 0.25) is 0 Å². The lowest BCUT2D eigenvalue weighted by Gasteiger charge is -2.18. The largest absolute Gasteiger partial charge is 0.456 e. The molecule has 141 heavy (non-hydrogen) atoms. The van der Waals surface area contributed by atoms with Gasteiger partial charge in [0.15, 0.2) is 0 Å². The number of pyridine rings is 6. The molecule has 0 bridgehead atoms. The fourth-order valence-corrected chi connectivity index (χ4v) is 20.0. The van der Waals surface area contributed by atoms with Crippen LogP contribution < -0.4 is 0 Å². The van der Waals surface area contributed by atoms with E-state index in [0.717, 1.165) is 145 Å². The van der Waals surface area contributed by atoms with Gasteiger partial charge in [-0.1, -0.05) is 291 Å². The van der Waals surface area contributed by atoms with Gasteiger partial charge in [-0.25, -0.2) is 4.98 Å². The third-order valence-electron chi connectivity index (χ3n) is 26.7. The van der Waals surface area contributed by atoms with Crippen LogP contribution in [-0.2, 0) is 0 Å². The number of aromatic nitrogens is 8. The molecule has 0 N–H and O–H groups in total. The van der Waals surface area contributed by atoms with E-state index in [9.17, 15) is 0 Å². The Morgan fingerprint density at radius 3 is 0.879 bits per heavy atom. The molecular formula is C132H88N8O. The SMILES string of the molecule is c1ccc(-c2c3ccccc3c(-c3ccccc3)c3cc(-c4ccc(-c5cccc(-c6ccccn6)c5)o4)ccc23)cc1.c1ccc(-n2c3ccccc3c3cc(-c4ccc5c(c4)c4ccccc4n5-c4ccccn4)ccc32)cc1.c1cncc(-c2cccc(-c3cc(-c4cccc(-c5cccnc5)c4)cc(-c4cc(-c5cccc(-c6cccnc6)c5)cc(-c5cccc(-c6cccnc6)c5)c4)c3)c2)c1. The van der Waals surface area contributed by atoms with Gasteiger partial charge in [0.1, 0.15) is 17.3 Å². The van der Waals surface area contributed by atoms with Crippen molar-refractivity contribution in [3.8, 4) is 179 Å². The van der Waals surface area contributed by atoms with Crippen LogP contribution in [0.15, 0.2) is 540 Å². The normalized spacial score (nSPS) is 11.3. The molecule has 662 valence electrons.